The molecule has 2 unspecified atom stereocenters. The van der Waals surface area contributed by atoms with Gasteiger partial charge in [-0.3, -0.25) is 4.79 Å². The van der Waals surface area contributed by atoms with Gasteiger partial charge < -0.3 is 10.1 Å². The van der Waals surface area contributed by atoms with Crippen molar-refractivity contribution in [1.29, 1.82) is 0 Å². The summed E-state index contributed by atoms with van der Waals surface area (Å²) < 4.78 is 5.83. The van der Waals surface area contributed by atoms with E-state index in [0.29, 0.717) is 10.3 Å². The Hall–Kier alpha value is -1.56. The Bertz CT molecular complexity index is 775. The van der Waals surface area contributed by atoms with Crippen LogP contribution in [0.25, 0.3) is 0 Å². The molecule has 1 aromatic heterocycles. The number of benzene rings is 1. The van der Waals surface area contributed by atoms with Gasteiger partial charge in [0, 0.05) is 5.69 Å². The zero-order valence-electron chi connectivity index (χ0n) is 14.1. The highest BCUT2D eigenvalue weighted by Gasteiger charge is 2.23. The first-order valence-electron chi connectivity index (χ1n) is 7.89. The van der Waals surface area contributed by atoms with Crippen molar-refractivity contribution in [1.82, 2.24) is 0 Å². The van der Waals surface area contributed by atoms with Crippen molar-refractivity contribution < 1.29 is 14.3 Å². The summed E-state index contributed by atoms with van der Waals surface area (Å²) in [5, 5.41) is 2.83. The van der Waals surface area contributed by atoms with E-state index in [0.717, 1.165) is 29.0 Å². The summed E-state index contributed by atoms with van der Waals surface area (Å²) in [5.41, 5.74) is 1.93. The number of carbonyl (C=O) groups is 2. The standard InChI is InChI=1S/C18H19Cl2NO3S/c1-4-10(2)12-7-5-6-8-14(12)21-17(22)11(3)24-18(23)13-9-15(19)25-16(13)20/h5-11H,4H2,1-3H3,(H,21,22). The smallest absolute Gasteiger partial charge is 0.341 e. The molecule has 0 aliphatic heterocycles. The number of hydrogen-bond acceptors (Lipinski definition) is 4. The van der Waals surface area contributed by atoms with Crippen LogP contribution in [0.1, 0.15) is 49.0 Å². The molecule has 0 saturated heterocycles. The van der Waals surface area contributed by atoms with Crippen LogP contribution in [0.4, 0.5) is 5.69 Å². The maximum Gasteiger partial charge on any atom is 0.341 e. The molecule has 1 aromatic carbocycles. The molecular weight excluding hydrogens is 381 g/mol. The number of carbonyl (C=O) groups excluding carboxylic acids is 2. The molecule has 1 N–H and O–H groups in total. The number of para-hydroxylation sites is 1. The zero-order chi connectivity index (χ0) is 18.6. The molecule has 2 atom stereocenters. The second kappa shape index (κ2) is 8.70. The number of rotatable bonds is 6. The average molecular weight is 400 g/mol. The van der Waals surface area contributed by atoms with Crippen LogP contribution >= 0.6 is 34.5 Å². The van der Waals surface area contributed by atoms with E-state index >= 15 is 0 Å². The van der Waals surface area contributed by atoms with E-state index in [2.05, 4.69) is 19.2 Å². The van der Waals surface area contributed by atoms with Crippen LogP contribution in [-0.4, -0.2) is 18.0 Å². The third-order valence-electron chi connectivity index (χ3n) is 3.89. The lowest BCUT2D eigenvalue weighted by Gasteiger charge is -2.18. The summed E-state index contributed by atoms with van der Waals surface area (Å²) in [4.78, 5) is 24.5. The molecule has 134 valence electrons. The average Bonchev–Trinajstić information content (AvgIpc) is 2.93. The van der Waals surface area contributed by atoms with Crippen LogP contribution in [0.15, 0.2) is 30.3 Å². The van der Waals surface area contributed by atoms with Gasteiger partial charge in [0.15, 0.2) is 6.10 Å². The Morgan fingerprint density at radius 2 is 1.92 bits per heavy atom. The third-order valence-corrected chi connectivity index (χ3v) is 5.38. The molecule has 2 aromatic rings. The molecule has 0 radical (unpaired) electrons. The summed E-state index contributed by atoms with van der Waals surface area (Å²) in [6, 6.07) is 9.03. The normalized spacial score (nSPS) is 13.2. The monoisotopic (exact) mass is 399 g/mol. The Morgan fingerprint density at radius 1 is 1.24 bits per heavy atom. The van der Waals surface area contributed by atoms with E-state index in [-0.39, 0.29) is 9.90 Å². The summed E-state index contributed by atoms with van der Waals surface area (Å²) >= 11 is 12.8. The van der Waals surface area contributed by atoms with Gasteiger partial charge in [-0.25, -0.2) is 4.79 Å². The van der Waals surface area contributed by atoms with Crippen LogP contribution in [-0.2, 0) is 9.53 Å². The minimum atomic E-state index is -0.966. The minimum absolute atomic E-state index is 0.163. The van der Waals surface area contributed by atoms with E-state index in [1.165, 1.54) is 13.0 Å². The summed E-state index contributed by atoms with van der Waals surface area (Å²) in [7, 11) is 0. The number of nitrogens with one attached hydrogen (secondary N) is 1. The Balaban J connectivity index is 2.06. The van der Waals surface area contributed by atoms with Gasteiger partial charge >= 0.3 is 5.97 Å². The first-order valence-corrected chi connectivity index (χ1v) is 9.46. The zero-order valence-corrected chi connectivity index (χ0v) is 16.5. The van der Waals surface area contributed by atoms with E-state index in [4.69, 9.17) is 27.9 Å². The van der Waals surface area contributed by atoms with E-state index in [9.17, 15) is 9.59 Å². The number of amides is 1. The third kappa shape index (κ3) is 4.97. The molecular formula is C18H19Cl2NO3S. The predicted octanol–water partition coefficient (Wildman–Crippen LogP) is 5.75. The van der Waals surface area contributed by atoms with Crippen molar-refractivity contribution in [2.45, 2.75) is 39.2 Å². The lowest BCUT2D eigenvalue weighted by Crippen LogP contribution is -2.30. The number of hydrogen-bond donors (Lipinski definition) is 1. The van der Waals surface area contributed by atoms with Gasteiger partial charge in [0.05, 0.1) is 9.90 Å². The largest absolute Gasteiger partial charge is 0.449 e. The predicted molar refractivity (Wildman–Crippen MR) is 103 cm³/mol. The van der Waals surface area contributed by atoms with Gasteiger partial charge in [0.1, 0.15) is 4.34 Å². The molecule has 0 saturated carbocycles. The fourth-order valence-electron chi connectivity index (χ4n) is 2.25. The highest BCUT2D eigenvalue weighted by atomic mass is 35.5. The highest BCUT2D eigenvalue weighted by molar-refractivity contribution is 7.20. The first-order chi connectivity index (χ1) is 11.8. The van der Waals surface area contributed by atoms with Gasteiger partial charge in [-0.15, -0.1) is 11.3 Å². The van der Waals surface area contributed by atoms with Crippen LogP contribution in [0.5, 0.6) is 0 Å². The minimum Gasteiger partial charge on any atom is -0.449 e. The lowest BCUT2D eigenvalue weighted by molar-refractivity contribution is -0.123. The van der Waals surface area contributed by atoms with E-state index in [1.807, 2.05) is 24.3 Å². The maximum atomic E-state index is 12.4. The molecule has 2 rings (SSSR count). The first kappa shape index (κ1) is 19.8. The number of halogens is 2. The molecule has 0 aliphatic rings. The topological polar surface area (TPSA) is 55.4 Å². The molecule has 1 amide bonds. The van der Waals surface area contributed by atoms with Crippen LogP contribution in [0, 0.1) is 0 Å². The maximum absolute atomic E-state index is 12.4. The van der Waals surface area contributed by atoms with Gasteiger partial charge in [0.25, 0.3) is 5.91 Å². The number of ether oxygens (including phenoxy) is 1. The fraction of sp³-hybridized carbons (Fsp3) is 0.333. The Kier molecular flexibility index (Phi) is 6.87. The van der Waals surface area contributed by atoms with Crippen molar-refractivity contribution >= 4 is 52.1 Å². The molecule has 7 heteroatoms. The van der Waals surface area contributed by atoms with E-state index < -0.39 is 18.0 Å². The lowest BCUT2D eigenvalue weighted by atomic mass is 9.97. The molecule has 25 heavy (non-hydrogen) atoms. The number of esters is 1. The van der Waals surface area contributed by atoms with Crippen LogP contribution < -0.4 is 5.32 Å². The second-order valence-electron chi connectivity index (χ2n) is 5.67. The van der Waals surface area contributed by atoms with Gasteiger partial charge in [0.2, 0.25) is 0 Å². The Labute approximate surface area is 161 Å². The molecule has 0 aliphatic carbocycles. The quantitative estimate of drug-likeness (QED) is 0.628. The Morgan fingerprint density at radius 3 is 2.52 bits per heavy atom. The highest BCUT2D eigenvalue weighted by Crippen LogP contribution is 2.32. The van der Waals surface area contributed by atoms with Crippen molar-refractivity contribution in [3.8, 4) is 0 Å². The van der Waals surface area contributed by atoms with Crippen molar-refractivity contribution in [2.75, 3.05) is 5.32 Å². The molecule has 0 bridgehead atoms. The van der Waals surface area contributed by atoms with Crippen molar-refractivity contribution in [2.24, 2.45) is 0 Å². The van der Waals surface area contributed by atoms with Crippen LogP contribution in [0.2, 0.25) is 8.67 Å². The van der Waals surface area contributed by atoms with Gasteiger partial charge in [-0.2, -0.15) is 0 Å². The van der Waals surface area contributed by atoms with Crippen molar-refractivity contribution in [3.63, 3.8) is 0 Å². The molecule has 0 fully saturated rings. The van der Waals surface area contributed by atoms with E-state index in [1.54, 1.807) is 0 Å². The molecule has 4 nitrogen and oxygen atoms in total. The molecule has 0 spiro atoms. The number of thiophene rings is 1. The van der Waals surface area contributed by atoms with Crippen molar-refractivity contribution in [3.05, 3.63) is 50.1 Å². The number of anilines is 1. The fourth-order valence-corrected chi connectivity index (χ4v) is 3.69. The van der Waals surface area contributed by atoms with Gasteiger partial charge in [-0.05, 0) is 37.0 Å². The second-order valence-corrected chi connectivity index (χ2v) is 7.96. The summed E-state index contributed by atoms with van der Waals surface area (Å²) in [6.07, 6.45) is -0.0123. The molecule has 1 heterocycles. The SMILES string of the molecule is CCC(C)c1ccccc1NC(=O)C(C)OC(=O)c1cc(Cl)sc1Cl. The summed E-state index contributed by atoms with van der Waals surface area (Å²) in [5.74, 6) is -0.770. The van der Waals surface area contributed by atoms with Gasteiger partial charge in [-0.1, -0.05) is 55.2 Å². The van der Waals surface area contributed by atoms with Crippen LogP contribution in [0.3, 0.4) is 0 Å². The summed E-state index contributed by atoms with van der Waals surface area (Å²) in [6.45, 7) is 5.70.